The molecular formula is C23H26N2O5S. The molecule has 4 rings (SSSR count). The molecule has 0 radical (unpaired) electrons. The number of ketones is 2. The Morgan fingerprint density at radius 3 is 2.19 bits per heavy atom. The molecule has 0 unspecified atom stereocenters. The Morgan fingerprint density at radius 1 is 0.935 bits per heavy atom. The fourth-order valence-electron chi connectivity index (χ4n) is 4.30. The summed E-state index contributed by atoms with van der Waals surface area (Å²) in [5.41, 5.74) is 0.544. The van der Waals surface area contributed by atoms with Crippen molar-refractivity contribution in [1.82, 2.24) is 9.21 Å². The monoisotopic (exact) mass is 442 g/mol. The summed E-state index contributed by atoms with van der Waals surface area (Å²) in [4.78, 5) is 26.4. The Balaban J connectivity index is 1.44. The predicted octanol–water partition coefficient (Wildman–Crippen LogP) is 2.59. The van der Waals surface area contributed by atoms with E-state index in [2.05, 4.69) is 0 Å². The number of hydrogen-bond acceptors (Lipinski definition) is 6. The molecule has 0 aliphatic carbocycles. The molecule has 2 aliphatic rings. The van der Waals surface area contributed by atoms with Crippen LogP contribution in [0.15, 0.2) is 59.5 Å². The number of sulfonamides is 1. The molecule has 2 saturated heterocycles. The van der Waals surface area contributed by atoms with Crippen molar-refractivity contribution in [2.45, 2.75) is 30.4 Å². The number of carbonyl (C=O) groups excluding carboxylic acids is 2. The molecule has 2 aromatic rings. The van der Waals surface area contributed by atoms with E-state index >= 15 is 0 Å². The molecule has 8 heteroatoms. The van der Waals surface area contributed by atoms with Gasteiger partial charge in [0.05, 0.1) is 18.0 Å². The smallest absolute Gasteiger partial charge is 0.243 e. The first-order valence-corrected chi connectivity index (χ1v) is 11.8. The van der Waals surface area contributed by atoms with Crippen LogP contribution < -0.4 is 0 Å². The van der Waals surface area contributed by atoms with Gasteiger partial charge >= 0.3 is 0 Å². The fraction of sp³-hybridized carbons (Fsp3) is 0.391. The molecule has 0 bridgehead atoms. The fourth-order valence-corrected chi connectivity index (χ4v) is 5.74. The summed E-state index contributed by atoms with van der Waals surface area (Å²) >= 11 is 0. The van der Waals surface area contributed by atoms with Gasteiger partial charge in [0.25, 0.3) is 0 Å². The number of ether oxygens (including phenoxy) is 1. The maximum absolute atomic E-state index is 13.0. The first kappa shape index (κ1) is 21.8. The molecule has 0 atom stereocenters. The number of nitrogens with zero attached hydrogens (tertiary/aromatic N) is 2. The lowest BCUT2D eigenvalue weighted by Crippen LogP contribution is -2.55. The van der Waals surface area contributed by atoms with Crippen LogP contribution >= 0.6 is 0 Å². The van der Waals surface area contributed by atoms with Crippen molar-refractivity contribution in [2.75, 3.05) is 32.8 Å². The zero-order valence-electron chi connectivity index (χ0n) is 17.5. The molecule has 1 spiro atoms. The van der Waals surface area contributed by atoms with Crippen molar-refractivity contribution in [1.29, 1.82) is 0 Å². The van der Waals surface area contributed by atoms with Crippen LogP contribution in [-0.2, 0) is 14.8 Å². The van der Waals surface area contributed by atoms with Gasteiger partial charge in [-0.05, 0) is 19.1 Å². The van der Waals surface area contributed by atoms with Gasteiger partial charge in [-0.3, -0.25) is 14.5 Å². The summed E-state index contributed by atoms with van der Waals surface area (Å²) in [5, 5.41) is 0. The van der Waals surface area contributed by atoms with Crippen molar-refractivity contribution in [3.05, 3.63) is 65.7 Å². The Kier molecular flexibility index (Phi) is 6.07. The van der Waals surface area contributed by atoms with Crippen molar-refractivity contribution in [3.8, 4) is 0 Å². The molecule has 2 aromatic carbocycles. The van der Waals surface area contributed by atoms with Crippen LogP contribution in [0.2, 0.25) is 0 Å². The van der Waals surface area contributed by atoms with E-state index in [0.717, 1.165) is 0 Å². The first-order chi connectivity index (χ1) is 14.8. The molecule has 0 saturated carbocycles. The van der Waals surface area contributed by atoms with Gasteiger partial charge in [-0.1, -0.05) is 42.5 Å². The van der Waals surface area contributed by atoms with E-state index in [9.17, 15) is 18.0 Å². The number of carbonyl (C=O) groups is 2. The summed E-state index contributed by atoms with van der Waals surface area (Å²) in [5.74, 6) is -0.0709. The minimum Gasteiger partial charge on any atom is -0.359 e. The van der Waals surface area contributed by atoms with E-state index in [0.29, 0.717) is 50.2 Å². The van der Waals surface area contributed by atoms with Gasteiger partial charge in [0.1, 0.15) is 5.72 Å². The Bertz CT molecular complexity index is 1060. The maximum atomic E-state index is 13.0. The average molecular weight is 443 g/mol. The highest BCUT2D eigenvalue weighted by Gasteiger charge is 2.47. The second-order valence-electron chi connectivity index (χ2n) is 7.99. The van der Waals surface area contributed by atoms with E-state index in [1.54, 1.807) is 12.1 Å². The molecule has 0 N–H and O–H groups in total. The lowest BCUT2D eigenvalue weighted by molar-refractivity contribution is -0.107. The van der Waals surface area contributed by atoms with Crippen LogP contribution in [0.25, 0.3) is 0 Å². The molecule has 7 nitrogen and oxygen atoms in total. The molecular weight excluding hydrogens is 416 g/mol. The number of hydrogen-bond donors (Lipinski definition) is 0. The molecule has 164 valence electrons. The summed E-state index contributed by atoms with van der Waals surface area (Å²) in [7, 11) is -3.65. The van der Waals surface area contributed by atoms with Gasteiger partial charge in [-0.25, -0.2) is 8.42 Å². The lowest BCUT2D eigenvalue weighted by Gasteiger charge is -2.43. The van der Waals surface area contributed by atoms with Crippen molar-refractivity contribution in [2.24, 2.45) is 0 Å². The molecule has 0 amide bonds. The molecule has 0 aromatic heterocycles. The summed E-state index contributed by atoms with van der Waals surface area (Å²) in [6.45, 7) is 3.51. The molecule has 2 aliphatic heterocycles. The van der Waals surface area contributed by atoms with Gasteiger partial charge in [-0.2, -0.15) is 4.31 Å². The van der Waals surface area contributed by atoms with Crippen molar-refractivity contribution >= 4 is 21.6 Å². The third-order valence-electron chi connectivity index (χ3n) is 6.14. The third-order valence-corrected chi connectivity index (χ3v) is 8.05. The number of rotatable bonds is 6. The van der Waals surface area contributed by atoms with Gasteiger partial charge in [0, 0.05) is 43.6 Å². The minimum atomic E-state index is -3.65. The van der Waals surface area contributed by atoms with Crippen LogP contribution in [0.3, 0.4) is 0 Å². The minimum absolute atomic E-state index is 0.0334. The SMILES string of the molecule is CC(=O)c1ccc(S(=O)(=O)N2CCC3(CC2)OCCN3CC(=O)c2ccccc2)cc1. The number of Topliss-reactive ketones (excluding diaryl/α,β-unsaturated/α-hetero) is 2. The van der Waals surface area contributed by atoms with E-state index in [1.807, 2.05) is 23.1 Å². The van der Waals surface area contributed by atoms with Crippen LogP contribution in [-0.4, -0.2) is 67.7 Å². The highest BCUT2D eigenvalue weighted by molar-refractivity contribution is 7.89. The largest absolute Gasteiger partial charge is 0.359 e. The zero-order chi connectivity index (χ0) is 22.1. The number of benzene rings is 2. The van der Waals surface area contributed by atoms with Gasteiger partial charge < -0.3 is 4.74 Å². The van der Waals surface area contributed by atoms with Gasteiger partial charge in [-0.15, -0.1) is 0 Å². The highest BCUT2D eigenvalue weighted by Crippen LogP contribution is 2.36. The molecule has 2 fully saturated rings. The van der Waals surface area contributed by atoms with Gasteiger partial charge in [0.2, 0.25) is 10.0 Å². The first-order valence-electron chi connectivity index (χ1n) is 10.4. The van der Waals surface area contributed by atoms with Gasteiger partial charge in [0.15, 0.2) is 11.6 Å². The van der Waals surface area contributed by atoms with E-state index in [4.69, 9.17) is 4.74 Å². The predicted molar refractivity (Wildman–Crippen MR) is 115 cm³/mol. The molecule has 31 heavy (non-hydrogen) atoms. The Hall–Kier alpha value is -2.39. The third kappa shape index (κ3) is 4.34. The summed E-state index contributed by atoms with van der Waals surface area (Å²) in [6.07, 6.45) is 1.000. The Morgan fingerprint density at radius 2 is 1.58 bits per heavy atom. The van der Waals surface area contributed by atoms with Crippen molar-refractivity contribution in [3.63, 3.8) is 0 Å². The highest BCUT2D eigenvalue weighted by atomic mass is 32.2. The van der Waals surface area contributed by atoms with Crippen LogP contribution in [0.4, 0.5) is 0 Å². The second-order valence-corrected chi connectivity index (χ2v) is 9.93. The zero-order valence-corrected chi connectivity index (χ0v) is 18.3. The quantitative estimate of drug-likeness (QED) is 0.640. The summed E-state index contributed by atoms with van der Waals surface area (Å²) < 4.78 is 33.6. The van der Waals surface area contributed by atoms with E-state index < -0.39 is 15.7 Å². The second kappa shape index (κ2) is 8.63. The van der Waals surface area contributed by atoms with E-state index in [1.165, 1.54) is 35.5 Å². The van der Waals surface area contributed by atoms with Crippen LogP contribution in [0.1, 0.15) is 40.5 Å². The topological polar surface area (TPSA) is 84.0 Å². The van der Waals surface area contributed by atoms with Crippen molar-refractivity contribution < 1.29 is 22.7 Å². The van der Waals surface area contributed by atoms with E-state index in [-0.39, 0.29) is 23.0 Å². The maximum Gasteiger partial charge on any atom is 0.243 e. The number of piperidine rings is 1. The van der Waals surface area contributed by atoms with Crippen LogP contribution in [0, 0.1) is 0 Å². The standard InChI is InChI=1S/C23H26N2O5S/c1-18(26)19-7-9-21(10-8-19)31(28,29)25-13-11-23(12-14-25)24(15-16-30-23)17-22(27)20-5-3-2-4-6-20/h2-10H,11-17H2,1H3. The lowest BCUT2D eigenvalue weighted by atomic mass is 9.99. The average Bonchev–Trinajstić information content (AvgIpc) is 3.16. The normalized spacial score (nSPS) is 19.5. The molecule has 2 heterocycles. The van der Waals surface area contributed by atoms with Crippen LogP contribution in [0.5, 0.6) is 0 Å². The summed E-state index contributed by atoms with van der Waals surface area (Å²) in [6, 6.07) is 15.2. The Labute approximate surface area is 182 Å².